The number of hydrogen-bond donors (Lipinski definition) is 0. The van der Waals surface area contributed by atoms with Crippen molar-refractivity contribution in [3.05, 3.63) is 123 Å². The van der Waals surface area contributed by atoms with Gasteiger partial charge in [-0.25, -0.2) is 6.07 Å². The summed E-state index contributed by atoms with van der Waals surface area (Å²) < 4.78 is 1.46. The molecule has 0 aromatic heterocycles. The first-order valence-corrected chi connectivity index (χ1v) is 17.6. The van der Waals surface area contributed by atoms with E-state index in [4.69, 9.17) is 0 Å². The van der Waals surface area contributed by atoms with Crippen LogP contribution in [0.2, 0.25) is 0 Å². The van der Waals surface area contributed by atoms with Crippen molar-refractivity contribution in [2.75, 3.05) is 0 Å². The first kappa shape index (κ1) is 42.4. The van der Waals surface area contributed by atoms with Crippen molar-refractivity contribution in [2.45, 2.75) is 126 Å². The van der Waals surface area contributed by atoms with Gasteiger partial charge in [-0.15, -0.1) is 16.7 Å². The third-order valence-corrected chi connectivity index (χ3v) is 9.22. The molecule has 0 amide bonds. The topological polar surface area (TPSA) is 0 Å². The maximum absolute atomic E-state index is 3.69. The van der Waals surface area contributed by atoms with Crippen molar-refractivity contribution in [3.8, 4) is 11.1 Å². The zero-order chi connectivity index (χ0) is 33.0. The SMILES string of the molecule is CCCc1cc(C(C)(C)C)c[cH-]1.C[C](=[Zr+2])c1ccccc1.Cc1[c-]c2c(cc1C(C)(C)C)-c1cc(C(C)(C)C)c(C)cc1C2.[Cl-].[Cl-]. The molecule has 46 heavy (non-hydrogen) atoms. The quantitative estimate of drug-likeness (QED) is 0.209. The van der Waals surface area contributed by atoms with E-state index >= 15 is 0 Å². The van der Waals surface area contributed by atoms with Gasteiger partial charge in [0, 0.05) is 0 Å². The molecule has 4 aromatic rings. The van der Waals surface area contributed by atoms with Crippen LogP contribution in [0.3, 0.4) is 0 Å². The molecule has 0 atom stereocenters. The molecule has 1 aliphatic carbocycles. The number of hydrogen-bond acceptors (Lipinski definition) is 0. The Morgan fingerprint density at radius 3 is 1.80 bits per heavy atom. The number of halogens is 2. The van der Waals surface area contributed by atoms with Gasteiger partial charge in [-0.1, -0.05) is 118 Å². The normalized spacial score (nSPS) is 11.9. The summed E-state index contributed by atoms with van der Waals surface area (Å²) in [6.45, 7) is 29.4. The van der Waals surface area contributed by atoms with E-state index in [0.717, 1.165) is 6.42 Å². The molecule has 3 heteroatoms. The first-order valence-electron chi connectivity index (χ1n) is 16.4. The summed E-state index contributed by atoms with van der Waals surface area (Å²) >= 11 is 1.51. The zero-order valence-corrected chi connectivity index (χ0v) is 34.7. The summed E-state index contributed by atoms with van der Waals surface area (Å²) in [4.78, 5) is 0. The molecule has 0 unspecified atom stereocenters. The number of benzene rings is 3. The smallest absolute Gasteiger partial charge is 0.0129 e. The summed E-state index contributed by atoms with van der Waals surface area (Å²) in [7, 11) is 0. The van der Waals surface area contributed by atoms with E-state index in [0.29, 0.717) is 5.41 Å². The van der Waals surface area contributed by atoms with Crippen LogP contribution in [-0.4, -0.2) is 3.21 Å². The summed E-state index contributed by atoms with van der Waals surface area (Å²) in [5.41, 5.74) is 16.2. The molecule has 0 saturated heterocycles. The Morgan fingerprint density at radius 2 is 1.35 bits per heavy atom. The monoisotopic (exact) mass is 732 g/mol. The van der Waals surface area contributed by atoms with E-state index in [1.54, 1.807) is 0 Å². The third kappa shape index (κ3) is 11.2. The van der Waals surface area contributed by atoms with Crippen LogP contribution in [-0.2, 0) is 53.3 Å². The molecule has 0 saturated carbocycles. The molecular weight excluding hydrogens is 679 g/mol. The number of fused-ring (bicyclic) bond motifs is 3. The average Bonchev–Trinajstić information content (AvgIpc) is 3.52. The molecule has 1 aliphatic rings. The van der Waals surface area contributed by atoms with Gasteiger partial charge >= 0.3 is 70.3 Å². The van der Waals surface area contributed by atoms with Gasteiger partial charge < -0.3 is 24.8 Å². The maximum atomic E-state index is 3.69. The Labute approximate surface area is 309 Å². The van der Waals surface area contributed by atoms with Crippen LogP contribution in [0.25, 0.3) is 11.1 Å². The fourth-order valence-electron chi connectivity index (χ4n) is 6.11. The van der Waals surface area contributed by atoms with Crippen LogP contribution in [0.1, 0.15) is 133 Å². The Kier molecular flexibility index (Phi) is 15.8. The molecule has 5 rings (SSSR count). The van der Waals surface area contributed by atoms with Crippen LogP contribution in [0.4, 0.5) is 0 Å². The van der Waals surface area contributed by atoms with Crippen LogP contribution >= 0.6 is 0 Å². The van der Waals surface area contributed by atoms with Gasteiger partial charge in [-0.3, -0.25) is 0 Å². The van der Waals surface area contributed by atoms with Crippen LogP contribution < -0.4 is 24.8 Å². The third-order valence-electron chi connectivity index (χ3n) is 8.51. The van der Waals surface area contributed by atoms with E-state index in [1.807, 2.05) is 6.07 Å². The minimum atomic E-state index is 0. The van der Waals surface area contributed by atoms with Gasteiger partial charge in [0.2, 0.25) is 0 Å². The molecule has 0 fully saturated rings. The van der Waals surface area contributed by atoms with Crippen molar-refractivity contribution < 1.29 is 49.0 Å². The first-order chi connectivity index (χ1) is 20.3. The average molecular weight is 735 g/mol. The minimum absolute atomic E-state index is 0. The van der Waals surface area contributed by atoms with E-state index in [-0.39, 0.29) is 35.6 Å². The summed E-state index contributed by atoms with van der Waals surface area (Å²) in [6.07, 6.45) is 3.49. The number of aryl methyl sites for hydroxylation is 3. The van der Waals surface area contributed by atoms with Crippen molar-refractivity contribution in [2.24, 2.45) is 0 Å². The molecular formula is C43H56Cl2Zr-2. The van der Waals surface area contributed by atoms with Gasteiger partial charge in [0.15, 0.2) is 0 Å². The Balaban J connectivity index is 0.000000387. The number of rotatable bonds is 3. The molecule has 0 nitrogen and oxygen atoms in total. The molecule has 0 bridgehead atoms. The van der Waals surface area contributed by atoms with Gasteiger partial charge in [0.25, 0.3) is 0 Å². The standard InChI is InChI=1S/C23H29.C12H19.C8H8.2ClH.Zr/c1-14-9-16-11-17-10-15(2)21(23(6,7)8)13-19(17)18(16)12-20(14)22(3,4)5;1-5-6-10-7-8-11(9-10)12(2,3)4;1-2-8-6-4-3-5-7-8;;;/h9,12-13H,11H2,1-8H3;7-9H,5-6H2,1-4H3;3-7H,1H3;2*1H;/q2*-1;;;;+2/p-2. The second-order valence-corrected chi connectivity index (χ2v) is 17.5. The summed E-state index contributed by atoms with van der Waals surface area (Å²) in [5, 5.41) is 0. The zero-order valence-electron chi connectivity index (χ0n) is 30.7. The van der Waals surface area contributed by atoms with E-state index < -0.39 is 0 Å². The van der Waals surface area contributed by atoms with Crippen molar-refractivity contribution in [1.82, 2.24) is 0 Å². The fourth-order valence-corrected chi connectivity index (χ4v) is 6.52. The molecule has 0 heterocycles. The van der Waals surface area contributed by atoms with Gasteiger partial charge in [-0.2, -0.15) is 41.0 Å². The van der Waals surface area contributed by atoms with Crippen molar-refractivity contribution >= 4 is 3.21 Å². The predicted octanol–water partition coefficient (Wildman–Crippen LogP) is 5.71. The van der Waals surface area contributed by atoms with Crippen LogP contribution in [0.5, 0.6) is 0 Å². The Bertz CT molecular complexity index is 1500. The van der Waals surface area contributed by atoms with E-state index in [2.05, 4.69) is 157 Å². The summed E-state index contributed by atoms with van der Waals surface area (Å²) in [6, 6.07) is 28.3. The summed E-state index contributed by atoms with van der Waals surface area (Å²) in [5.74, 6) is 0. The molecule has 0 radical (unpaired) electrons. The van der Waals surface area contributed by atoms with E-state index in [9.17, 15) is 0 Å². The van der Waals surface area contributed by atoms with Gasteiger partial charge in [0.05, 0.1) is 0 Å². The predicted molar refractivity (Wildman–Crippen MR) is 191 cm³/mol. The minimum Gasteiger partial charge on any atom is -1.00 e. The Hall–Kier alpha value is -1.66. The molecule has 248 valence electrons. The maximum Gasteiger partial charge on any atom is -0.0129 e. The fraction of sp³-hybridized carbons (Fsp3) is 0.442. The molecule has 0 aliphatic heterocycles. The molecule has 0 N–H and O–H groups in total. The molecule has 0 spiro atoms. The van der Waals surface area contributed by atoms with Crippen molar-refractivity contribution in [3.63, 3.8) is 0 Å². The van der Waals surface area contributed by atoms with Gasteiger partial charge in [0.1, 0.15) is 0 Å². The Morgan fingerprint density at radius 1 is 0.783 bits per heavy atom. The second-order valence-electron chi connectivity index (χ2n) is 15.7. The van der Waals surface area contributed by atoms with Crippen molar-refractivity contribution in [1.29, 1.82) is 0 Å². The van der Waals surface area contributed by atoms with Gasteiger partial charge in [-0.05, 0) is 35.4 Å². The van der Waals surface area contributed by atoms with E-state index in [1.165, 1.54) is 101 Å². The largest absolute Gasteiger partial charge is 1.00 e. The second kappa shape index (κ2) is 17.1. The van der Waals surface area contributed by atoms with Crippen LogP contribution in [0, 0.1) is 19.9 Å². The van der Waals surface area contributed by atoms with Crippen LogP contribution in [0.15, 0.2) is 66.7 Å². The molecule has 4 aromatic carbocycles.